The Hall–Kier alpha value is -2.22. The predicted molar refractivity (Wildman–Crippen MR) is 103 cm³/mol. The average Bonchev–Trinajstić information content (AvgIpc) is 2.58. The summed E-state index contributed by atoms with van der Waals surface area (Å²) in [6.45, 7) is 1.96. The van der Waals surface area contributed by atoms with Crippen LogP contribution >= 0.6 is 22.6 Å². The fourth-order valence-electron chi connectivity index (χ4n) is 2.58. The molecule has 26 heavy (non-hydrogen) atoms. The van der Waals surface area contributed by atoms with E-state index in [0.717, 1.165) is 13.1 Å². The summed E-state index contributed by atoms with van der Waals surface area (Å²) in [5.74, 6) is -1.06. The van der Waals surface area contributed by atoms with Gasteiger partial charge in [0, 0.05) is 22.6 Å². The summed E-state index contributed by atoms with van der Waals surface area (Å²) in [5, 5.41) is 13.6. The van der Waals surface area contributed by atoms with E-state index in [-0.39, 0.29) is 16.8 Å². The minimum absolute atomic E-state index is 0.0583. The van der Waals surface area contributed by atoms with Crippen molar-refractivity contribution in [2.75, 3.05) is 24.8 Å². The Kier molecular flexibility index (Phi) is 5.70. The van der Waals surface area contributed by atoms with E-state index < -0.39 is 11.7 Å². The van der Waals surface area contributed by atoms with Gasteiger partial charge in [-0.2, -0.15) is 5.26 Å². The molecule has 1 saturated heterocycles. The van der Waals surface area contributed by atoms with Crippen LogP contribution in [-0.4, -0.2) is 25.6 Å². The van der Waals surface area contributed by atoms with Crippen molar-refractivity contribution in [2.24, 2.45) is 11.7 Å². The quantitative estimate of drug-likeness (QED) is 0.505. The second kappa shape index (κ2) is 7.99. The minimum atomic E-state index is -0.703. The average molecular weight is 466 g/mol. The highest BCUT2D eigenvalue weighted by Gasteiger charge is 2.25. The molecular weight excluding hydrogens is 450 g/mol. The fourth-order valence-corrected chi connectivity index (χ4v) is 3.11. The van der Waals surface area contributed by atoms with E-state index in [1.165, 1.54) is 11.1 Å². The molecule has 6 nitrogen and oxygen atoms in total. The maximum absolute atomic E-state index is 14.9. The second-order valence-corrected chi connectivity index (χ2v) is 7.03. The molecule has 0 aromatic heterocycles. The molecule has 1 heterocycles. The highest BCUT2D eigenvalue weighted by molar-refractivity contribution is 14.1. The molecule has 0 saturated carbocycles. The number of rotatable bonds is 6. The molecule has 1 aliphatic rings. The van der Waals surface area contributed by atoms with Gasteiger partial charge in [0.15, 0.2) is 5.82 Å². The first-order valence-corrected chi connectivity index (χ1v) is 9.01. The van der Waals surface area contributed by atoms with Gasteiger partial charge in [-0.15, -0.1) is 0 Å². The van der Waals surface area contributed by atoms with Gasteiger partial charge in [0.05, 0.1) is 17.9 Å². The number of carbonyl (C=O) groups excluding carboxylic acids is 1. The lowest BCUT2D eigenvalue weighted by molar-refractivity contribution is 0.0786. The molecule has 134 valence electrons. The van der Waals surface area contributed by atoms with E-state index in [1.54, 1.807) is 30.3 Å². The first-order valence-electron chi connectivity index (χ1n) is 7.93. The summed E-state index contributed by atoms with van der Waals surface area (Å²) >= 11 is 1.90. The maximum atomic E-state index is 14.9. The van der Waals surface area contributed by atoms with E-state index in [0.29, 0.717) is 21.8 Å². The third-order valence-electron chi connectivity index (χ3n) is 4.10. The lowest BCUT2D eigenvalue weighted by Gasteiger charge is -2.31. The van der Waals surface area contributed by atoms with Crippen LogP contribution in [0.5, 0.6) is 0 Å². The van der Waals surface area contributed by atoms with Crippen LogP contribution < -0.4 is 16.1 Å². The zero-order valence-electron chi connectivity index (χ0n) is 13.7. The summed E-state index contributed by atoms with van der Waals surface area (Å²) in [6.07, 6.45) is 0. The van der Waals surface area contributed by atoms with E-state index >= 15 is 0 Å². The first kappa shape index (κ1) is 18.6. The Morgan fingerprint density at radius 1 is 1.35 bits per heavy atom. The van der Waals surface area contributed by atoms with Crippen LogP contribution in [0.2, 0.25) is 0 Å². The summed E-state index contributed by atoms with van der Waals surface area (Å²) in [7, 11) is 0. The molecule has 1 fully saturated rings. The molecule has 1 aliphatic heterocycles. The van der Waals surface area contributed by atoms with Gasteiger partial charge < -0.3 is 11.1 Å². The molecule has 0 radical (unpaired) electrons. The fraction of sp³-hybridized carbons (Fsp3) is 0.222. The van der Waals surface area contributed by atoms with Crippen molar-refractivity contribution in [3.63, 3.8) is 0 Å². The molecule has 1 amide bonds. The smallest absolute Gasteiger partial charge is 0.250 e. The van der Waals surface area contributed by atoms with Crippen molar-refractivity contribution in [1.82, 2.24) is 5.32 Å². The van der Waals surface area contributed by atoms with Gasteiger partial charge in [-0.05, 0) is 46.9 Å². The van der Waals surface area contributed by atoms with Crippen LogP contribution in [0.4, 0.5) is 15.8 Å². The van der Waals surface area contributed by atoms with Crippen molar-refractivity contribution >= 4 is 39.9 Å². The van der Waals surface area contributed by atoms with Crippen LogP contribution in [0.15, 0.2) is 36.4 Å². The number of para-hydroxylation sites is 1. The number of benzene rings is 2. The number of hydrogen-bond acceptors (Lipinski definition) is 5. The molecule has 0 aliphatic carbocycles. The van der Waals surface area contributed by atoms with Gasteiger partial charge in [0.25, 0.3) is 5.91 Å². The topological polar surface area (TPSA) is 91.4 Å². The molecule has 0 atom stereocenters. The van der Waals surface area contributed by atoms with Gasteiger partial charge in [0.1, 0.15) is 17.3 Å². The normalized spacial score (nSPS) is 13.7. The molecule has 0 bridgehead atoms. The number of amides is 1. The van der Waals surface area contributed by atoms with Crippen LogP contribution in [0, 0.1) is 26.6 Å². The third-order valence-corrected chi connectivity index (χ3v) is 4.99. The van der Waals surface area contributed by atoms with Crippen LogP contribution in [0.3, 0.4) is 0 Å². The molecule has 8 heteroatoms. The maximum Gasteiger partial charge on any atom is 0.250 e. The molecular formula is C18H16FIN4O2. The Labute approximate surface area is 163 Å². The molecule has 3 rings (SSSR count). The highest BCUT2D eigenvalue weighted by atomic mass is 127. The van der Waals surface area contributed by atoms with Crippen molar-refractivity contribution in [1.29, 1.82) is 5.26 Å². The third kappa shape index (κ3) is 3.65. The van der Waals surface area contributed by atoms with Gasteiger partial charge in [-0.3, -0.25) is 9.63 Å². The minimum Gasteiger partial charge on any atom is -0.366 e. The molecule has 2 aromatic rings. The van der Waals surface area contributed by atoms with E-state index in [9.17, 15) is 14.4 Å². The summed E-state index contributed by atoms with van der Waals surface area (Å²) in [4.78, 5) is 17.7. The van der Waals surface area contributed by atoms with Gasteiger partial charge in [-0.1, -0.05) is 12.1 Å². The van der Waals surface area contributed by atoms with Crippen LogP contribution in [0.1, 0.15) is 15.9 Å². The molecule has 3 N–H and O–H groups in total. The predicted octanol–water partition coefficient (Wildman–Crippen LogP) is 2.69. The highest BCUT2D eigenvalue weighted by Crippen LogP contribution is 2.34. The van der Waals surface area contributed by atoms with Gasteiger partial charge in [0.2, 0.25) is 0 Å². The van der Waals surface area contributed by atoms with E-state index in [1.807, 2.05) is 28.7 Å². The first-order chi connectivity index (χ1) is 12.5. The summed E-state index contributed by atoms with van der Waals surface area (Å²) in [5.41, 5.74) is 5.99. The number of carbonyl (C=O) groups is 1. The lowest BCUT2D eigenvalue weighted by atomic mass is 10.1. The summed E-state index contributed by atoms with van der Waals surface area (Å²) < 4.78 is 15.4. The van der Waals surface area contributed by atoms with Crippen LogP contribution in [0.25, 0.3) is 0 Å². The molecule has 0 unspecified atom stereocenters. The van der Waals surface area contributed by atoms with Crippen molar-refractivity contribution in [3.05, 3.63) is 56.9 Å². The van der Waals surface area contributed by atoms with Crippen molar-refractivity contribution in [3.8, 4) is 6.07 Å². The Morgan fingerprint density at radius 3 is 2.69 bits per heavy atom. The van der Waals surface area contributed by atoms with Crippen molar-refractivity contribution in [2.45, 2.75) is 0 Å². The van der Waals surface area contributed by atoms with Crippen molar-refractivity contribution < 1.29 is 14.0 Å². The zero-order valence-corrected chi connectivity index (χ0v) is 15.9. The largest absolute Gasteiger partial charge is 0.366 e. The Balaban J connectivity index is 2.07. The number of nitrogens with two attached hydrogens (primary N) is 1. The van der Waals surface area contributed by atoms with Gasteiger partial charge in [-0.25, -0.2) is 9.45 Å². The monoisotopic (exact) mass is 466 g/mol. The number of halogens is 2. The van der Waals surface area contributed by atoms with Gasteiger partial charge >= 0.3 is 0 Å². The van der Waals surface area contributed by atoms with E-state index in [4.69, 9.17) is 10.6 Å². The number of nitriles is 1. The SMILES string of the molecule is N#Cc1c(I)ccc(N(OCC2CNC2)c2ccccc2C(N)=O)c1F. The number of nitrogens with zero attached hydrogens (tertiary/aromatic N) is 2. The summed E-state index contributed by atoms with van der Waals surface area (Å²) in [6, 6.07) is 11.6. The second-order valence-electron chi connectivity index (χ2n) is 5.86. The Bertz CT molecular complexity index is 880. The number of anilines is 2. The number of hydrogen-bond donors (Lipinski definition) is 2. The molecule has 0 spiro atoms. The van der Waals surface area contributed by atoms with E-state index in [2.05, 4.69) is 5.32 Å². The number of nitrogens with one attached hydrogen (secondary N) is 1. The zero-order chi connectivity index (χ0) is 18.7. The standard InChI is InChI=1S/C18H16FIN4O2/c19-17-13(7-21)14(20)5-6-16(17)24(26-10-11-8-23-9-11)15-4-2-1-3-12(15)18(22)25/h1-6,11,23H,8-10H2,(H2,22,25). The van der Waals surface area contributed by atoms with Crippen LogP contribution in [-0.2, 0) is 4.84 Å². The number of primary amides is 1. The molecule has 2 aromatic carbocycles. The Morgan fingerprint density at radius 2 is 2.08 bits per heavy atom. The lowest BCUT2D eigenvalue weighted by Crippen LogP contribution is -2.45.